The Kier molecular flexibility index (Phi) is 6.59. The Labute approximate surface area is 224 Å². The number of benzene rings is 2. The van der Waals surface area contributed by atoms with Gasteiger partial charge < -0.3 is 14.8 Å². The lowest BCUT2D eigenvalue weighted by atomic mass is 10.0. The van der Waals surface area contributed by atoms with E-state index in [0.29, 0.717) is 10.8 Å². The van der Waals surface area contributed by atoms with E-state index >= 15 is 0 Å². The quantitative estimate of drug-likeness (QED) is 0.293. The highest BCUT2D eigenvalue weighted by molar-refractivity contribution is 9.10. The van der Waals surface area contributed by atoms with Crippen LogP contribution >= 0.6 is 28.1 Å². The van der Waals surface area contributed by atoms with Crippen molar-refractivity contribution in [3.8, 4) is 5.69 Å². The second-order valence-corrected chi connectivity index (χ2v) is 11.7. The summed E-state index contributed by atoms with van der Waals surface area (Å²) >= 11 is 9.37. The van der Waals surface area contributed by atoms with Crippen LogP contribution in [0.2, 0.25) is 0 Å². The molecule has 0 saturated carbocycles. The van der Waals surface area contributed by atoms with Gasteiger partial charge in [-0.15, -0.1) is 0 Å². The molecule has 5 rings (SSSR count). The first-order chi connectivity index (χ1) is 17.2. The van der Waals surface area contributed by atoms with Crippen LogP contribution in [0.3, 0.4) is 0 Å². The number of anilines is 2. The van der Waals surface area contributed by atoms with E-state index in [1.54, 1.807) is 12.3 Å². The molecule has 2 atom stereocenters. The highest BCUT2D eigenvalue weighted by Crippen LogP contribution is 2.43. The first kappa shape index (κ1) is 24.5. The van der Waals surface area contributed by atoms with Gasteiger partial charge in [0.1, 0.15) is 6.04 Å². The number of pyridine rings is 1. The van der Waals surface area contributed by atoms with Crippen molar-refractivity contribution >= 4 is 54.7 Å². The third kappa shape index (κ3) is 4.88. The summed E-state index contributed by atoms with van der Waals surface area (Å²) in [5.74, 6) is 0. The number of sulfonamides is 1. The van der Waals surface area contributed by atoms with Gasteiger partial charge in [0.25, 0.3) is 0 Å². The topological polar surface area (TPSA) is 79.3 Å². The summed E-state index contributed by atoms with van der Waals surface area (Å²) in [6, 6.07) is 23.3. The Bertz CT molecular complexity index is 1520. The van der Waals surface area contributed by atoms with Gasteiger partial charge in [-0.2, -0.15) is 0 Å². The lowest BCUT2D eigenvalue weighted by molar-refractivity contribution is 0.549. The third-order valence-corrected chi connectivity index (χ3v) is 7.50. The molecule has 0 bridgehead atoms. The van der Waals surface area contributed by atoms with Crippen molar-refractivity contribution in [3.63, 3.8) is 0 Å². The fourth-order valence-corrected chi connectivity index (χ4v) is 5.76. The maximum absolute atomic E-state index is 11.8. The van der Waals surface area contributed by atoms with Crippen LogP contribution in [0.5, 0.6) is 0 Å². The molecule has 0 aliphatic carbocycles. The molecule has 7 nitrogen and oxygen atoms in total. The number of hydrogen-bond donors (Lipinski definition) is 2. The number of nitrogens with one attached hydrogen (secondary N) is 2. The largest absolute Gasteiger partial charge is 0.351 e. The van der Waals surface area contributed by atoms with E-state index in [1.807, 2.05) is 61.7 Å². The molecule has 2 aromatic heterocycles. The number of nitrogens with zero attached hydrogens (tertiary/aromatic N) is 3. The third-order valence-electron chi connectivity index (χ3n) is 6.07. The molecule has 0 unspecified atom stereocenters. The lowest BCUT2D eigenvalue weighted by Gasteiger charge is -2.29. The predicted molar refractivity (Wildman–Crippen MR) is 151 cm³/mol. The van der Waals surface area contributed by atoms with Crippen molar-refractivity contribution in [2.24, 2.45) is 0 Å². The second kappa shape index (κ2) is 9.68. The average molecular weight is 583 g/mol. The van der Waals surface area contributed by atoms with Gasteiger partial charge >= 0.3 is 0 Å². The first-order valence-electron chi connectivity index (χ1n) is 11.2. The Morgan fingerprint density at radius 1 is 1.03 bits per heavy atom. The molecule has 2 aromatic carbocycles. The van der Waals surface area contributed by atoms with Crippen molar-refractivity contribution in [2.45, 2.75) is 19.0 Å². The molecule has 4 aromatic rings. The van der Waals surface area contributed by atoms with Crippen LogP contribution in [0, 0.1) is 6.92 Å². The lowest BCUT2D eigenvalue weighted by Crippen LogP contribution is -2.30. The van der Waals surface area contributed by atoms with Gasteiger partial charge in [0.15, 0.2) is 5.11 Å². The van der Waals surface area contributed by atoms with Crippen LogP contribution in [-0.4, -0.2) is 29.3 Å². The molecule has 2 N–H and O–H groups in total. The van der Waals surface area contributed by atoms with E-state index in [1.165, 1.54) is 0 Å². The standard InChI is InChI=1S/C26H24BrN5O2S2/c1-17-16-20(12-13-21(17)30-36(2,33)34)32-25(24(29-26(32)35)22-6-3-4-14-28-22)23-7-5-15-31(23)19-10-8-18(27)9-11-19/h3-16,24-25,30H,1-2H3,(H,29,35)/t24-,25+/m0/s1. The van der Waals surface area contributed by atoms with Gasteiger partial charge in [-0.1, -0.05) is 22.0 Å². The summed E-state index contributed by atoms with van der Waals surface area (Å²) in [5, 5.41) is 4.05. The SMILES string of the molecule is Cc1cc(N2C(=S)N[C@@H](c3ccccn3)[C@H]2c2cccn2-c2ccc(Br)cc2)ccc1NS(C)(=O)=O. The Morgan fingerprint density at radius 3 is 2.44 bits per heavy atom. The van der Waals surface area contributed by atoms with Crippen molar-refractivity contribution in [2.75, 3.05) is 15.9 Å². The summed E-state index contributed by atoms with van der Waals surface area (Å²) in [7, 11) is -3.39. The Hall–Kier alpha value is -3.21. The summed E-state index contributed by atoms with van der Waals surface area (Å²) in [5.41, 5.74) is 5.13. The zero-order valence-electron chi connectivity index (χ0n) is 19.6. The number of aromatic nitrogens is 2. The highest BCUT2D eigenvalue weighted by atomic mass is 79.9. The zero-order chi connectivity index (χ0) is 25.4. The van der Waals surface area contributed by atoms with E-state index in [2.05, 4.69) is 58.6 Å². The van der Waals surface area contributed by atoms with Crippen LogP contribution in [-0.2, 0) is 10.0 Å². The van der Waals surface area contributed by atoms with Crippen molar-refractivity contribution in [1.82, 2.24) is 14.9 Å². The van der Waals surface area contributed by atoms with E-state index in [4.69, 9.17) is 12.2 Å². The number of thiocarbonyl (C=S) groups is 1. The van der Waals surface area contributed by atoms with Gasteiger partial charge in [-0.05, 0) is 91.4 Å². The number of aryl methyl sites for hydroxylation is 1. The maximum Gasteiger partial charge on any atom is 0.229 e. The monoisotopic (exact) mass is 581 g/mol. The van der Waals surface area contributed by atoms with Crippen LogP contribution in [0.1, 0.15) is 29.0 Å². The fourth-order valence-electron chi connectivity index (χ4n) is 4.52. The molecular weight excluding hydrogens is 558 g/mol. The fraction of sp³-hybridized carbons (Fsp3) is 0.154. The first-order valence-corrected chi connectivity index (χ1v) is 14.3. The van der Waals surface area contributed by atoms with Crippen LogP contribution in [0.25, 0.3) is 5.69 Å². The molecular formula is C26H24BrN5O2S2. The molecule has 1 aliphatic heterocycles. The molecule has 1 fully saturated rings. The molecule has 3 heterocycles. The number of rotatable bonds is 6. The predicted octanol–water partition coefficient (Wildman–Crippen LogP) is 5.49. The van der Waals surface area contributed by atoms with Crippen LogP contribution in [0.15, 0.2) is 89.7 Å². The number of halogens is 1. The second-order valence-electron chi connectivity index (χ2n) is 8.65. The Morgan fingerprint density at radius 2 is 1.78 bits per heavy atom. The van der Waals surface area contributed by atoms with Gasteiger partial charge in [0.05, 0.1) is 23.7 Å². The minimum atomic E-state index is -3.39. The van der Waals surface area contributed by atoms with Crippen LogP contribution in [0.4, 0.5) is 11.4 Å². The van der Waals surface area contributed by atoms with Gasteiger partial charge in [0.2, 0.25) is 10.0 Å². The van der Waals surface area contributed by atoms with E-state index in [-0.39, 0.29) is 12.1 Å². The molecule has 1 aliphatic rings. The van der Waals surface area contributed by atoms with Crippen molar-refractivity contribution in [1.29, 1.82) is 0 Å². The molecule has 184 valence electrons. The molecule has 0 amide bonds. The summed E-state index contributed by atoms with van der Waals surface area (Å²) in [4.78, 5) is 6.71. The normalized spacial score (nSPS) is 17.8. The van der Waals surface area contributed by atoms with E-state index in [9.17, 15) is 8.42 Å². The summed E-state index contributed by atoms with van der Waals surface area (Å²) in [6.07, 6.45) is 4.96. The van der Waals surface area contributed by atoms with Crippen molar-refractivity contribution in [3.05, 3.63) is 107 Å². The highest BCUT2D eigenvalue weighted by Gasteiger charge is 2.42. The van der Waals surface area contributed by atoms with E-state index in [0.717, 1.165) is 39.1 Å². The summed E-state index contributed by atoms with van der Waals surface area (Å²) < 4.78 is 29.3. The minimum absolute atomic E-state index is 0.197. The van der Waals surface area contributed by atoms with Gasteiger partial charge in [-0.3, -0.25) is 9.71 Å². The molecule has 1 saturated heterocycles. The molecule has 10 heteroatoms. The maximum atomic E-state index is 11.8. The molecule has 0 radical (unpaired) electrons. The van der Waals surface area contributed by atoms with Gasteiger partial charge in [0, 0.05) is 33.9 Å². The van der Waals surface area contributed by atoms with E-state index < -0.39 is 10.0 Å². The molecule has 0 spiro atoms. The Balaban J connectivity index is 1.63. The number of hydrogen-bond acceptors (Lipinski definition) is 4. The summed E-state index contributed by atoms with van der Waals surface area (Å²) in [6.45, 7) is 1.87. The zero-order valence-corrected chi connectivity index (χ0v) is 22.8. The van der Waals surface area contributed by atoms with Gasteiger partial charge in [-0.25, -0.2) is 8.42 Å². The smallest absolute Gasteiger partial charge is 0.229 e. The van der Waals surface area contributed by atoms with Crippen LogP contribution < -0.4 is 14.9 Å². The van der Waals surface area contributed by atoms with Crippen molar-refractivity contribution < 1.29 is 8.42 Å². The average Bonchev–Trinajstić information content (AvgIpc) is 3.45. The molecule has 36 heavy (non-hydrogen) atoms. The minimum Gasteiger partial charge on any atom is -0.351 e.